The van der Waals surface area contributed by atoms with Gasteiger partial charge in [0.15, 0.2) is 11.5 Å². The molecule has 31 heavy (non-hydrogen) atoms. The molecule has 0 unspecified atom stereocenters. The van der Waals surface area contributed by atoms with Crippen LogP contribution in [0.25, 0.3) is 17.3 Å². The fourth-order valence-electron chi connectivity index (χ4n) is 3.10. The van der Waals surface area contributed by atoms with E-state index in [1.54, 1.807) is 38.1 Å². The van der Waals surface area contributed by atoms with Gasteiger partial charge in [-0.15, -0.1) is 0 Å². The Morgan fingerprint density at radius 3 is 2.52 bits per heavy atom. The average molecular weight is 417 g/mol. The van der Waals surface area contributed by atoms with Crippen LogP contribution in [-0.2, 0) is 16.1 Å². The molecule has 7 heteroatoms. The Hall–Kier alpha value is -4.05. The van der Waals surface area contributed by atoms with E-state index in [0.717, 1.165) is 11.1 Å². The molecule has 0 spiro atoms. The summed E-state index contributed by atoms with van der Waals surface area (Å²) >= 11 is 0. The van der Waals surface area contributed by atoms with Gasteiger partial charge < -0.3 is 14.2 Å². The third-order valence-corrected chi connectivity index (χ3v) is 4.55. The van der Waals surface area contributed by atoms with Gasteiger partial charge in [0.2, 0.25) is 0 Å². The molecule has 3 aromatic rings. The lowest BCUT2D eigenvalue weighted by Gasteiger charge is -2.09. The first-order valence-corrected chi connectivity index (χ1v) is 9.72. The third-order valence-electron chi connectivity index (χ3n) is 4.55. The Labute approximate surface area is 181 Å². The first-order chi connectivity index (χ1) is 15.1. The second-order valence-corrected chi connectivity index (χ2v) is 6.58. The van der Waals surface area contributed by atoms with Gasteiger partial charge in [-0.3, -0.25) is 4.68 Å². The molecule has 3 rings (SSSR count). The lowest BCUT2D eigenvalue weighted by Crippen LogP contribution is -2.06. The zero-order valence-electron chi connectivity index (χ0n) is 17.7. The Bertz CT molecular complexity index is 1130. The van der Waals surface area contributed by atoms with Crippen molar-refractivity contribution in [2.24, 2.45) is 0 Å². The van der Waals surface area contributed by atoms with E-state index < -0.39 is 5.97 Å². The highest BCUT2D eigenvalue weighted by Crippen LogP contribution is 2.33. The predicted octanol–water partition coefficient (Wildman–Crippen LogP) is 4.09. The number of nitrogens with zero attached hydrogens (tertiary/aromatic N) is 3. The zero-order chi connectivity index (χ0) is 22.2. The van der Waals surface area contributed by atoms with Crippen LogP contribution in [0, 0.1) is 11.3 Å². The van der Waals surface area contributed by atoms with Gasteiger partial charge in [0, 0.05) is 17.3 Å². The SMILES string of the molecule is CCOC(=O)/C(C#N)=C/c1cn(Cc2ccccc2)nc1-c1ccc(OC)c(OC)c1. The second kappa shape index (κ2) is 10.1. The maximum absolute atomic E-state index is 12.1. The van der Waals surface area contributed by atoms with Crippen LogP contribution < -0.4 is 9.47 Å². The number of methoxy groups -OCH3 is 2. The molecule has 1 heterocycles. The Balaban J connectivity index is 2.10. The Morgan fingerprint density at radius 1 is 1.13 bits per heavy atom. The van der Waals surface area contributed by atoms with E-state index in [-0.39, 0.29) is 12.2 Å². The highest BCUT2D eigenvalue weighted by molar-refractivity contribution is 5.98. The van der Waals surface area contributed by atoms with Crippen molar-refractivity contribution in [2.75, 3.05) is 20.8 Å². The Kier molecular flexibility index (Phi) is 7.07. The Morgan fingerprint density at radius 2 is 1.87 bits per heavy atom. The van der Waals surface area contributed by atoms with Gasteiger partial charge in [-0.2, -0.15) is 10.4 Å². The van der Waals surface area contributed by atoms with E-state index >= 15 is 0 Å². The van der Waals surface area contributed by atoms with Gasteiger partial charge in [-0.05, 0) is 36.8 Å². The molecule has 0 saturated heterocycles. The molecule has 0 atom stereocenters. The second-order valence-electron chi connectivity index (χ2n) is 6.58. The summed E-state index contributed by atoms with van der Waals surface area (Å²) in [5.41, 5.74) is 2.96. The van der Waals surface area contributed by atoms with E-state index in [1.165, 1.54) is 6.08 Å². The number of aromatic nitrogens is 2. The van der Waals surface area contributed by atoms with Crippen molar-refractivity contribution in [3.8, 4) is 28.8 Å². The van der Waals surface area contributed by atoms with E-state index in [9.17, 15) is 10.1 Å². The molecule has 2 aromatic carbocycles. The number of carbonyl (C=O) groups excluding carboxylic acids is 1. The third kappa shape index (κ3) is 5.11. The molecule has 7 nitrogen and oxygen atoms in total. The summed E-state index contributed by atoms with van der Waals surface area (Å²) < 4.78 is 17.5. The molecule has 0 aliphatic rings. The van der Waals surface area contributed by atoms with Crippen LogP contribution in [0.2, 0.25) is 0 Å². The summed E-state index contributed by atoms with van der Waals surface area (Å²) in [6.07, 6.45) is 3.30. The number of carbonyl (C=O) groups is 1. The molecular formula is C24H23N3O4. The summed E-state index contributed by atoms with van der Waals surface area (Å²) in [7, 11) is 3.13. The summed E-state index contributed by atoms with van der Waals surface area (Å²) in [4.78, 5) is 12.1. The van der Waals surface area contributed by atoms with Gasteiger partial charge in [0.1, 0.15) is 11.6 Å². The van der Waals surface area contributed by atoms with Crippen LogP contribution in [0.1, 0.15) is 18.1 Å². The largest absolute Gasteiger partial charge is 0.493 e. The number of ether oxygens (including phenoxy) is 3. The monoisotopic (exact) mass is 417 g/mol. The van der Waals surface area contributed by atoms with Gasteiger partial charge >= 0.3 is 5.97 Å². The lowest BCUT2D eigenvalue weighted by atomic mass is 10.1. The van der Waals surface area contributed by atoms with E-state index in [4.69, 9.17) is 19.3 Å². The molecule has 0 amide bonds. The van der Waals surface area contributed by atoms with Gasteiger partial charge in [0.05, 0.1) is 33.1 Å². The summed E-state index contributed by atoms with van der Waals surface area (Å²) in [6.45, 7) is 2.42. The molecule has 0 aliphatic heterocycles. The minimum Gasteiger partial charge on any atom is -0.493 e. The summed E-state index contributed by atoms with van der Waals surface area (Å²) in [5.74, 6) is 0.480. The van der Waals surface area contributed by atoms with Gasteiger partial charge in [-0.1, -0.05) is 30.3 Å². The van der Waals surface area contributed by atoms with Crippen molar-refractivity contribution in [1.29, 1.82) is 5.26 Å². The lowest BCUT2D eigenvalue weighted by molar-refractivity contribution is -0.137. The quantitative estimate of drug-likeness (QED) is 0.312. The molecule has 0 radical (unpaired) electrons. The first-order valence-electron chi connectivity index (χ1n) is 9.72. The van der Waals surface area contributed by atoms with E-state index in [2.05, 4.69) is 0 Å². The van der Waals surface area contributed by atoms with Crippen LogP contribution >= 0.6 is 0 Å². The fourth-order valence-corrected chi connectivity index (χ4v) is 3.10. The van der Waals surface area contributed by atoms with Crippen LogP contribution in [0.4, 0.5) is 0 Å². The molecule has 0 bridgehead atoms. The van der Waals surface area contributed by atoms with Crippen LogP contribution in [0.3, 0.4) is 0 Å². The molecule has 0 N–H and O–H groups in total. The minimum atomic E-state index is -0.668. The zero-order valence-corrected chi connectivity index (χ0v) is 17.7. The molecule has 0 saturated carbocycles. The maximum atomic E-state index is 12.1. The number of benzene rings is 2. The first kappa shape index (κ1) is 21.7. The van der Waals surface area contributed by atoms with Crippen molar-refractivity contribution < 1.29 is 19.0 Å². The predicted molar refractivity (Wildman–Crippen MR) is 117 cm³/mol. The molecule has 0 aliphatic carbocycles. The van der Waals surface area contributed by atoms with Crippen LogP contribution in [0.15, 0.2) is 60.3 Å². The van der Waals surface area contributed by atoms with Crippen molar-refractivity contribution in [2.45, 2.75) is 13.5 Å². The number of esters is 1. The van der Waals surface area contributed by atoms with Crippen LogP contribution in [-0.4, -0.2) is 36.6 Å². The van der Waals surface area contributed by atoms with E-state index in [0.29, 0.717) is 29.3 Å². The van der Waals surface area contributed by atoms with E-state index in [1.807, 2.05) is 48.5 Å². The molecule has 1 aromatic heterocycles. The number of rotatable bonds is 8. The van der Waals surface area contributed by atoms with Crippen LogP contribution in [0.5, 0.6) is 11.5 Å². The summed E-state index contributed by atoms with van der Waals surface area (Å²) in [6, 6.07) is 17.3. The highest BCUT2D eigenvalue weighted by Gasteiger charge is 2.17. The highest BCUT2D eigenvalue weighted by atomic mass is 16.5. The van der Waals surface area contributed by atoms with Crippen molar-refractivity contribution in [1.82, 2.24) is 9.78 Å². The number of nitriles is 1. The normalized spacial score (nSPS) is 11.0. The number of hydrogen-bond donors (Lipinski definition) is 0. The number of hydrogen-bond acceptors (Lipinski definition) is 6. The fraction of sp³-hybridized carbons (Fsp3) is 0.208. The van der Waals surface area contributed by atoms with Crippen molar-refractivity contribution in [3.05, 3.63) is 71.4 Å². The smallest absolute Gasteiger partial charge is 0.348 e. The van der Waals surface area contributed by atoms with Crippen molar-refractivity contribution in [3.63, 3.8) is 0 Å². The molecule has 0 fully saturated rings. The van der Waals surface area contributed by atoms with Gasteiger partial charge in [-0.25, -0.2) is 4.79 Å². The standard InChI is InChI=1S/C24H23N3O4/c1-4-31-24(28)19(14-25)12-20-16-27(15-17-8-6-5-7-9-17)26-23(20)18-10-11-21(29-2)22(13-18)30-3/h5-13,16H,4,15H2,1-3H3/b19-12+. The van der Waals surface area contributed by atoms with Crippen molar-refractivity contribution >= 4 is 12.0 Å². The average Bonchev–Trinajstić information content (AvgIpc) is 3.19. The minimum absolute atomic E-state index is 0.0946. The molecule has 158 valence electrons. The van der Waals surface area contributed by atoms with Gasteiger partial charge in [0.25, 0.3) is 0 Å². The summed E-state index contributed by atoms with van der Waals surface area (Å²) in [5, 5.41) is 14.2. The topological polar surface area (TPSA) is 86.4 Å². The molecular weight excluding hydrogens is 394 g/mol. The maximum Gasteiger partial charge on any atom is 0.348 e.